The number of imidazole rings is 1. The van der Waals surface area contributed by atoms with Crippen molar-refractivity contribution in [3.8, 4) is 5.82 Å². The van der Waals surface area contributed by atoms with Crippen molar-refractivity contribution in [3.63, 3.8) is 0 Å². The van der Waals surface area contributed by atoms with Crippen LogP contribution in [0.1, 0.15) is 34.9 Å². The monoisotopic (exact) mass is 270 g/mol. The quantitative estimate of drug-likeness (QED) is 0.758. The Balaban J connectivity index is 1.91. The molecule has 8 heteroatoms. The van der Waals surface area contributed by atoms with Crippen LogP contribution in [0.3, 0.4) is 0 Å². The lowest BCUT2D eigenvalue weighted by molar-refractivity contribution is 0.0691. The van der Waals surface area contributed by atoms with Crippen molar-refractivity contribution in [1.29, 1.82) is 0 Å². The van der Waals surface area contributed by atoms with E-state index in [0.29, 0.717) is 17.5 Å². The zero-order valence-electron chi connectivity index (χ0n) is 10.3. The van der Waals surface area contributed by atoms with Gasteiger partial charge in [-0.3, -0.25) is 4.57 Å². The molecule has 1 fully saturated rings. The van der Waals surface area contributed by atoms with E-state index in [1.807, 2.05) is 6.07 Å². The minimum atomic E-state index is -1.06. The number of fused-ring (bicyclic) bond motifs is 1. The van der Waals surface area contributed by atoms with E-state index in [4.69, 9.17) is 5.11 Å². The van der Waals surface area contributed by atoms with Gasteiger partial charge in [0.05, 0.1) is 5.69 Å². The van der Waals surface area contributed by atoms with Gasteiger partial charge in [-0.2, -0.15) is 14.6 Å². The molecule has 1 saturated carbocycles. The number of carboxylic acids is 1. The Hall–Kier alpha value is -2.77. The van der Waals surface area contributed by atoms with Crippen molar-refractivity contribution < 1.29 is 9.90 Å². The predicted molar refractivity (Wildman–Crippen MR) is 66.8 cm³/mol. The Kier molecular flexibility index (Phi) is 2.14. The molecule has 20 heavy (non-hydrogen) atoms. The van der Waals surface area contributed by atoms with Crippen molar-refractivity contribution in [2.45, 2.75) is 18.8 Å². The van der Waals surface area contributed by atoms with Crippen LogP contribution >= 0.6 is 0 Å². The molecule has 0 unspecified atom stereocenters. The van der Waals surface area contributed by atoms with E-state index < -0.39 is 5.97 Å². The fraction of sp³-hybridized carbons (Fsp3) is 0.250. The van der Waals surface area contributed by atoms with E-state index in [-0.39, 0.29) is 5.69 Å². The molecule has 0 aliphatic heterocycles. The van der Waals surface area contributed by atoms with Crippen LogP contribution in [0.4, 0.5) is 0 Å². The molecule has 1 aliphatic rings. The molecule has 0 bridgehead atoms. The predicted octanol–water partition coefficient (Wildman–Crippen LogP) is 0.886. The van der Waals surface area contributed by atoms with Crippen molar-refractivity contribution in [1.82, 2.24) is 29.1 Å². The molecule has 3 heterocycles. The van der Waals surface area contributed by atoms with Crippen molar-refractivity contribution >= 4 is 11.7 Å². The summed E-state index contributed by atoms with van der Waals surface area (Å²) in [6, 6.07) is 1.91. The van der Waals surface area contributed by atoms with E-state index in [1.165, 1.54) is 18.9 Å². The first-order valence-electron chi connectivity index (χ1n) is 6.21. The molecule has 8 nitrogen and oxygen atoms in total. The molecule has 0 saturated heterocycles. The number of rotatable bonds is 3. The van der Waals surface area contributed by atoms with Gasteiger partial charge in [-0.1, -0.05) is 0 Å². The van der Waals surface area contributed by atoms with Crippen LogP contribution in [0.5, 0.6) is 0 Å². The first-order chi connectivity index (χ1) is 9.72. The lowest BCUT2D eigenvalue weighted by Gasteiger charge is -2.06. The summed E-state index contributed by atoms with van der Waals surface area (Å²) in [5.74, 6) is 0.609. The van der Waals surface area contributed by atoms with Gasteiger partial charge in [-0.05, 0) is 12.8 Å². The van der Waals surface area contributed by atoms with Gasteiger partial charge in [0.2, 0.25) is 0 Å². The maximum absolute atomic E-state index is 10.9. The van der Waals surface area contributed by atoms with Gasteiger partial charge in [0.25, 0.3) is 5.78 Å². The molecule has 3 aromatic rings. The molecule has 0 radical (unpaired) electrons. The molecule has 0 aromatic carbocycles. The van der Waals surface area contributed by atoms with Crippen LogP contribution < -0.4 is 0 Å². The summed E-state index contributed by atoms with van der Waals surface area (Å²) in [5.41, 5.74) is 0.953. The van der Waals surface area contributed by atoms with Crippen LogP contribution in [0.2, 0.25) is 0 Å². The molecule has 3 aromatic heterocycles. The lowest BCUT2D eigenvalue weighted by atomic mass is 10.3. The number of carboxylic acid groups (broad SMARTS) is 1. The molecule has 0 amide bonds. The molecular weight excluding hydrogens is 260 g/mol. The molecule has 100 valence electrons. The SMILES string of the molecule is O=C(O)c1cn(-c2cc(C3CC3)nc3ncnn23)cn1. The number of aromatic carboxylic acids is 1. The highest BCUT2D eigenvalue weighted by atomic mass is 16.4. The van der Waals surface area contributed by atoms with Crippen LogP contribution in [0.15, 0.2) is 24.9 Å². The number of aromatic nitrogens is 6. The van der Waals surface area contributed by atoms with Crippen LogP contribution in [-0.4, -0.2) is 40.2 Å². The first kappa shape index (κ1) is 11.1. The highest BCUT2D eigenvalue weighted by molar-refractivity contribution is 5.85. The number of hydrogen-bond acceptors (Lipinski definition) is 5. The summed E-state index contributed by atoms with van der Waals surface area (Å²) in [6.45, 7) is 0. The largest absolute Gasteiger partial charge is 0.476 e. The fourth-order valence-electron chi connectivity index (χ4n) is 2.15. The zero-order valence-corrected chi connectivity index (χ0v) is 10.3. The number of nitrogens with zero attached hydrogens (tertiary/aromatic N) is 6. The summed E-state index contributed by atoms with van der Waals surface area (Å²) in [6.07, 6.45) is 6.59. The third kappa shape index (κ3) is 1.65. The zero-order chi connectivity index (χ0) is 13.7. The third-order valence-corrected chi connectivity index (χ3v) is 3.31. The maximum atomic E-state index is 10.9. The van der Waals surface area contributed by atoms with E-state index in [0.717, 1.165) is 18.5 Å². The normalized spacial score (nSPS) is 14.8. The van der Waals surface area contributed by atoms with Gasteiger partial charge in [0.15, 0.2) is 5.69 Å². The molecule has 0 atom stereocenters. The fourth-order valence-corrected chi connectivity index (χ4v) is 2.15. The second kappa shape index (κ2) is 3.86. The first-order valence-corrected chi connectivity index (χ1v) is 6.21. The summed E-state index contributed by atoms with van der Waals surface area (Å²) >= 11 is 0. The molecule has 1 N–H and O–H groups in total. The minimum absolute atomic E-state index is 0.0111. The van der Waals surface area contributed by atoms with Gasteiger partial charge < -0.3 is 5.11 Å². The van der Waals surface area contributed by atoms with Crippen LogP contribution in [-0.2, 0) is 0 Å². The van der Waals surface area contributed by atoms with Crippen LogP contribution in [0.25, 0.3) is 11.6 Å². The van der Waals surface area contributed by atoms with E-state index in [1.54, 1.807) is 9.08 Å². The van der Waals surface area contributed by atoms with Gasteiger partial charge in [-0.15, -0.1) is 0 Å². The van der Waals surface area contributed by atoms with E-state index >= 15 is 0 Å². The molecule has 0 spiro atoms. The minimum Gasteiger partial charge on any atom is -0.476 e. The highest BCUT2D eigenvalue weighted by Crippen LogP contribution is 2.39. The summed E-state index contributed by atoms with van der Waals surface area (Å²) in [5, 5.41) is 13.1. The lowest BCUT2D eigenvalue weighted by Crippen LogP contribution is -2.05. The van der Waals surface area contributed by atoms with Gasteiger partial charge in [-0.25, -0.2) is 14.8 Å². The van der Waals surface area contributed by atoms with Crippen molar-refractivity contribution in [2.75, 3.05) is 0 Å². The Morgan fingerprint density at radius 1 is 1.35 bits per heavy atom. The molecule has 4 rings (SSSR count). The van der Waals surface area contributed by atoms with E-state index in [9.17, 15) is 4.79 Å². The van der Waals surface area contributed by atoms with E-state index in [2.05, 4.69) is 20.1 Å². The van der Waals surface area contributed by atoms with Gasteiger partial charge >= 0.3 is 5.97 Å². The van der Waals surface area contributed by atoms with Gasteiger partial charge in [0.1, 0.15) is 18.5 Å². The molecular formula is C12H10N6O2. The highest BCUT2D eigenvalue weighted by Gasteiger charge is 2.27. The Morgan fingerprint density at radius 2 is 2.20 bits per heavy atom. The van der Waals surface area contributed by atoms with Crippen LogP contribution in [0, 0.1) is 0 Å². The van der Waals surface area contributed by atoms with Crippen molar-refractivity contribution in [3.05, 3.63) is 36.3 Å². The second-order valence-electron chi connectivity index (χ2n) is 4.76. The topological polar surface area (TPSA) is 98.2 Å². The van der Waals surface area contributed by atoms with Gasteiger partial charge in [0, 0.05) is 18.2 Å². The summed E-state index contributed by atoms with van der Waals surface area (Å²) in [4.78, 5) is 23.3. The number of carbonyl (C=O) groups is 1. The molecule has 1 aliphatic carbocycles. The Labute approximate surface area is 112 Å². The van der Waals surface area contributed by atoms with Crippen molar-refractivity contribution in [2.24, 2.45) is 0 Å². The third-order valence-electron chi connectivity index (χ3n) is 3.31. The Bertz CT molecular complexity index is 816. The summed E-state index contributed by atoms with van der Waals surface area (Å²) < 4.78 is 3.19. The summed E-state index contributed by atoms with van der Waals surface area (Å²) in [7, 11) is 0. The average Bonchev–Trinajstić information content (AvgIpc) is 2.99. The average molecular weight is 270 g/mol. The standard InChI is InChI=1S/C12H10N6O2/c19-11(20)9-4-17(6-14-9)10-3-8(7-1-2-7)16-12-13-5-15-18(10)12/h3-7H,1-2H2,(H,19,20). The maximum Gasteiger partial charge on any atom is 0.356 e. The second-order valence-corrected chi connectivity index (χ2v) is 4.76. The smallest absolute Gasteiger partial charge is 0.356 e. The Morgan fingerprint density at radius 3 is 2.90 bits per heavy atom. The number of hydrogen-bond donors (Lipinski definition) is 1.